The Morgan fingerprint density at radius 2 is 1.47 bits per heavy atom. The van der Waals surface area contributed by atoms with Crippen molar-refractivity contribution in [2.24, 2.45) is 0 Å². The van der Waals surface area contributed by atoms with Crippen molar-refractivity contribution in [2.75, 3.05) is 0 Å². The fraction of sp³-hybridized carbons (Fsp3) is 0.0769. The largest absolute Gasteiger partial charge is 0.0998 e. The second-order valence-corrected chi connectivity index (χ2v) is 8.79. The van der Waals surface area contributed by atoms with E-state index in [1.807, 2.05) is 0 Å². The van der Waals surface area contributed by atoms with Crippen LogP contribution in [0.1, 0.15) is 0 Å². The summed E-state index contributed by atoms with van der Waals surface area (Å²) in [5.74, 6) is 0. The van der Waals surface area contributed by atoms with Gasteiger partial charge in [-0.25, -0.2) is 0 Å². The fourth-order valence-electron chi connectivity index (χ4n) is 1.76. The van der Waals surface area contributed by atoms with Gasteiger partial charge in [-0.15, -0.1) is 0 Å². The van der Waals surface area contributed by atoms with Crippen molar-refractivity contribution in [2.45, 2.75) is 6.55 Å². The highest BCUT2D eigenvalue weighted by molar-refractivity contribution is 9.11. The molecule has 0 heterocycles. The smallest absolute Gasteiger partial charge is 0.0819 e. The molecule has 1 atom stereocenters. The van der Waals surface area contributed by atoms with Gasteiger partial charge >= 0.3 is 0 Å². The van der Waals surface area contributed by atoms with Crippen LogP contribution in [0.5, 0.6) is 0 Å². The Kier molecular flexibility index (Phi) is 4.47. The van der Waals surface area contributed by atoms with Crippen LogP contribution in [0.15, 0.2) is 51.4 Å². The van der Waals surface area contributed by atoms with Gasteiger partial charge in [-0.1, -0.05) is 58.9 Å². The highest BCUT2D eigenvalue weighted by Crippen LogP contribution is 2.29. The Balaban J connectivity index is 2.41. The Morgan fingerprint density at radius 3 is 2.00 bits per heavy atom. The summed E-state index contributed by atoms with van der Waals surface area (Å²) in [6, 6.07) is 14.9. The van der Waals surface area contributed by atoms with Crippen LogP contribution in [0, 0.1) is 0 Å². The van der Waals surface area contributed by atoms with E-state index in [0.29, 0.717) is 0 Å². The summed E-state index contributed by atoms with van der Waals surface area (Å²) in [6.45, 7) is 2.33. The molecule has 0 spiro atoms. The zero-order chi connectivity index (χ0) is 12.4. The lowest BCUT2D eigenvalue weighted by molar-refractivity contribution is 1.63. The minimum atomic E-state index is -1.11. The van der Waals surface area contributed by atoms with Gasteiger partial charge in [0.1, 0.15) is 0 Å². The molecule has 17 heavy (non-hydrogen) atoms. The quantitative estimate of drug-likeness (QED) is 0.540. The minimum Gasteiger partial charge on any atom is -0.0819 e. The van der Waals surface area contributed by atoms with Crippen LogP contribution >= 0.6 is 43.5 Å². The molecule has 4 heteroatoms. The fourth-order valence-corrected chi connectivity index (χ4v) is 5.60. The molecule has 0 nitrogen and oxygen atoms in total. The van der Waals surface area contributed by atoms with Crippen molar-refractivity contribution in [3.8, 4) is 0 Å². The molecule has 0 saturated heterocycles. The molecule has 1 unspecified atom stereocenters. The zero-order valence-corrected chi connectivity index (χ0v) is 14.3. The summed E-state index contributed by atoms with van der Waals surface area (Å²) in [6.07, 6.45) is 0. The molecule has 0 saturated carbocycles. The predicted octanol–water partition coefficient (Wildman–Crippen LogP) is 3.84. The Labute approximate surface area is 125 Å². The number of rotatable bonds is 2. The Hall–Kier alpha value is -0.0931. The van der Waals surface area contributed by atoms with Crippen LogP contribution in [0.2, 0.25) is 11.6 Å². The molecular formula is C13H11Br2ClSi. The lowest BCUT2D eigenvalue weighted by Gasteiger charge is -2.13. The zero-order valence-electron chi connectivity index (χ0n) is 9.25. The lowest BCUT2D eigenvalue weighted by Crippen LogP contribution is -2.39. The standard InChI is InChI=1S/C13H11Br2ClSi/c1-17(9-5-3-2-4-6-9)10-7-11(14)13(16)12(15)8-10/h2-8,17H,1H3. The second-order valence-electron chi connectivity index (χ2n) is 3.93. The monoisotopic (exact) mass is 388 g/mol. The van der Waals surface area contributed by atoms with Gasteiger partial charge in [0.2, 0.25) is 0 Å². The molecule has 2 aromatic rings. The van der Waals surface area contributed by atoms with Crippen LogP contribution in [-0.2, 0) is 0 Å². The van der Waals surface area contributed by atoms with Gasteiger partial charge in [0.25, 0.3) is 0 Å². The summed E-state index contributed by atoms with van der Waals surface area (Å²) in [5.41, 5.74) is 0. The summed E-state index contributed by atoms with van der Waals surface area (Å²) < 4.78 is 1.91. The maximum atomic E-state index is 6.12. The predicted molar refractivity (Wildman–Crippen MR) is 85.6 cm³/mol. The van der Waals surface area contributed by atoms with Crippen molar-refractivity contribution >= 4 is 62.6 Å². The molecule has 0 aliphatic carbocycles. The van der Waals surface area contributed by atoms with Crippen molar-refractivity contribution in [1.29, 1.82) is 0 Å². The first-order chi connectivity index (χ1) is 8.09. The molecule has 2 rings (SSSR count). The van der Waals surface area contributed by atoms with E-state index in [2.05, 4.69) is 80.9 Å². The number of hydrogen-bond donors (Lipinski definition) is 0. The normalized spacial score (nSPS) is 12.5. The number of benzene rings is 2. The summed E-state index contributed by atoms with van der Waals surface area (Å²) in [4.78, 5) is 0. The van der Waals surface area contributed by atoms with E-state index in [-0.39, 0.29) is 0 Å². The van der Waals surface area contributed by atoms with Gasteiger partial charge in [-0.05, 0) is 44.0 Å². The van der Waals surface area contributed by atoms with Crippen LogP contribution in [-0.4, -0.2) is 8.80 Å². The van der Waals surface area contributed by atoms with E-state index in [9.17, 15) is 0 Å². The molecule has 0 radical (unpaired) electrons. The molecule has 0 fully saturated rings. The maximum Gasteiger partial charge on any atom is 0.0998 e. The molecule has 0 N–H and O–H groups in total. The van der Waals surface area contributed by atoms with Gasteiger partial charge in [-0.2, -0.15) is 0 Å². The van der Waals surface area contributed by atoms with Gasteiger partial charge in [0.15, 0.2) is 0 Å². The average molecular weight is 391 g/mol. The molecule has 88 valence electrons. The van der Waals surface area contributed by atoms with E-state index in [0.717, 1.165) is 14.0 Å². The molecule has 0 aliphatic rings. The van der Waals surface area contributed by atoms with Crippen LogP contribution < -0.4 is 10.4 Å². The van der Waals surface area contributed by atoms with Crippen LogP contribution in [0.25, 0.3) is 0 Å². The average Bonchev–Trinajstić information content (AvgIpc) is 2.35. The van der Waals surface area contributed by atoms with Crippen LogP contribution in [0.3, 0.4) is 0 Å². The summed E-state index contributed by atoms with van der Waals surface area (Å²) >= 11 is 13.1. The minimum absolute atomic E-state index is 0.739. The highest BCUT2D eigenvalue weighted by atomic mass is 79.9. The van der Waals surface area contributed by atoms with Crippen molar-refractivity contribution in [3.05, 3.63) is 56.4 Å². The van der Waals surface area contributed by atoms with E-state index in [1.54, 1.807) is 0 Å². The maximum absolute atomic E-state index is 6.12. The molecular weight excluding hydrogens is 379 g/mol. The topological polar surface area (TPSA) is 0 Å². The first kappa shape index (κ1) is 13.3. The number of hydrogen-bond acceptors (Lipinski definition) is 0. The van der Waals surface area contributed by atoms with E-state index >= 15 is 0 Å². The van der Waals surface area contributed by atoms with E-state index in [1.165, 1.54) is 10.4 Å². The third kappa shape index (κ3) is 3.02. The summed E-state index contributed by atoms with van der Waals surface area (Å²) in [7, 11) is -1.11. The van der Waals surface area contributed by atoms with E-state index < -0.39 is 8.80 Å². The second kappa shape index (κ2) is 5.70. The first-order valence-electron chi connectivity index (χ1n) is 5.29. The molecule has 2 aromatic carbocycles. The SMILES string of the molecule is C[SiH](c1ccccc1)c1cc(Br)c(Cl)c(Br)c1. The van der Waals surface area contributed by atoms with Crippen molar-refractivity contribution < 1.29 is 0 Å². The van der Waals surface area contributed by atoms with E-state index in [4.69, 9.17) is 11.6 Å². The van der Waals surface area contributed by atoms with Crippen molar-refractivity contribution in [1.82, 2.24) is 0 Å². The number of halogens is 3. The van der Waals surface area contributed by atoms with Crippen LogP contribution in [0.4, 0.5) is 0 Å². The third-order valence-corrected chi connectivity index (χ3v) is 7.64. The van der Waals surface area contributed by atoms with Gasteiger partial charge in [-0.3, -0.25) is 0 Å². The Morgan fingerprint density at radius 1 is 0.941 bits per heavy atom. The molecule has 0 bridgehead atoms. The van der Waals surface area contributed by atoms with Gasteiger partial charge in [0, 0.05) is 8.95 Å². The van der Waals surface area contributed by atoms with Gasteiger partial charge in [0.05, 0.1) is 13.8 Å². The summed E-state index contributed by atoms with van der Waals surface area (Å²) in [5, 5.41) is 3.55. The Bertz CT molecular complexity index is 505. The molecule has 0 aromatic heterocycles. The highest BCUT2D eigenvalue weighted by Gasteiger charge is 2.13. The lowest BCUT2D eigenvalue weighted by atomic mass is 10.4. The third-order valence-electron chi connectivity index (χ3n) is 2.81. The van der Waals surface area contributed by atoms with Crippen molar-refractivity contribution in [3.63, 3.8) is 0 Å². The molecule has 0 amide bonds. The molecule has 0 aliphatic heterocycles. The first-order valence-corrected chi connectivity index (χ1v) is 9.56. The van der Waals surface area contributed by atoms with Gasteiger partial charge < -0.3 is 0 Å².